The summed E-state index contributed by atoms with van der Waals surface area (Å²) >= 11 is 0. The molecule has 0 aromatic rings. The fourth-order valence-electron chi connectivity index (χ4n) is 1.22. The molecule has 0 unspecified atom stereocenters. The highest BCUT2D eigenvalue weighted by molar-refractivity contribution is 5.55. The maximum absolute atomic E-state index is 5.73. The molecular formula is C8H14N2. The smallest absolute Gasteiger partial charge is 0.0586 e. The van der Waals surface area contributed by atoms with Crippen molar-refractivity contribution < 1.29 is 0 Å². The Morgan fingerprint density at radius 3 is 2.70 bits per heavy atom. The minimum Gasteiger partial charge on any atom is -0.401 e. The van der Waals surface area contributed by atoms with E-state index in [4.69, 9.17) is 5.73 Å². The van der Waals surface area contributed by atoms with Gasteiger partial charge in [-0.15, -0.1) is 0 Å². The summed E-state index contributed by atoms with van der Waals surface area (Å²) in [6, 6.07) is 0. The van der Waals surface area contributed by atoms with Gasteiger partial charge in [-0.25, -0.2) is 0 Å². The zero-order valence-electron chi connectivity index (χ0n) is 6.43. The predicted molar refractivity (Wildman–Crippen MR) is 43.8 cm³/mol. The number of aliphatic imine (C=N–C) groups is 1. The lowest BCUT2D eigenvalue weighted by atomic mass is 10.0. The Morgan fingerprint density at radius 1 is 1.40 bits per heavy atom. The molecule has 2 nitrogen and oxygen atoms in total. The van der Waals surface area contributed by atoms with Crippen LogP contribution >= 0.6 is 0 Å². The van der Waals surface area contributed by atoms with Crippen LogP contribution in [0.3, 0.4) is 0 Å². The Bertz CT molecular complexity index is 168. The number of rotatable bonds is 1. The second kappa shape index (κ2) is 3.40. The van der Waals surface area contributed by atoms with Gasteiger partial charge in [-0.3, -0.25) is 4.99 Å². The summed E-state index contributed by atoms with van der Waals surface area (Å²) in [5.41, 5.74) is 7.83. The number of hydrogen-bond donors (Lipinski definition) is 1. The third-order valence-corrected chi connectivity index (χ3v) is 1.77. The summed E-state index contributed by atoms with van der Waals surface area (Å²) in [4.78, 5) is 4.19. The lowest BCUT2D eigenvalue weighted by Crippen LogP contribution is -2.06. The van der Waals surface area contributed by atoms with Crippen LogP contribution in [0.4, 0.5) is 0 Å². The minimum absolute atomic E-state index is 0.990. The molecule has 0 aliphatic heterocycles. The number of nitrogens with two attached hydrogens (primary N) is 1. The summed E-state index contributed by atoms with van der Waals surface area (Å²) in [5, 5.41) is 0. The monoisotopic (exact) mass is 138 g/mol. The molecule has 1 aliphatic carbocycles. The van der Waals surface area contributed by atoms with Crippen molar-refractivity contribution >= 4 is 6.21 Å². The zero-order valence-corrected chi connectivity index (χ0v) is 6.43. The second-order valence-corrected chi connectivity index (χ2v) is 2.57. The van der Waals surface area contributed by atoms with Gasteiger partial charge < -0.3 is 5.73 Å². The van der Waals surface area contributed by atoms with E-state index in [-0.39, 0.29) is 0 Å². The van der Waals surface area contributed by atoms with Crippen molar-refractivity contribution in [1.82, 2.24) is 0 Å². The van der Waals surface area contributed by atoms with Crippen molar-refractivity contribution in [2.45, 2.75) is 32.6 Å². The Labute approximate surface area is 61.8 Å². The SMILES string of the molecule is CC=NC1=C(N)CCCC1. The molecule has 0 saturated heterocycles. The Morgan fingerprint density at radius 2 is 2.10 bits per heavy atom. The summed E-state index contributed by atoms with van der Waals surface area (Å²) < 4.78 is 0. The van der Waals surface area contributed by atoms with Crippen LogP contribution in [-0.4, -0.2) is 6.21 Å². The van der Waals surface area contributed by atoms with E-state index in [9.17, 15) is 0 Å². The molecule has 2 N–H and O–H groups in total. The van der Waals surface area contributed by atoms with Crippen LogP contribution in [0.25, 0.3) is 0 Å². The normalized spacial score (nSPS) is 20.5. The molecule has 1 rings (SSSR count). The molecule has 0 atom stereocenters. The van der Waals surface area contributed by atoms with Gasteiger partial charge in [0.25, 0.3) is 0 Å². The van der Waals surface area contributed by atoms with Crippen molar-refractivity contribution in [1.29, 1.82) is 0 Å². The summed E-state index contributed by atoms with van der Waals surface area (Å²) in [7, 11) is 0. The van der Waals surface area contributed by atoms with Crippen molar-refractivity contribution in [3.63, 3.8) is 0 Å². The third kappa shape index (κ3) is 1.59. The molecular weight excluding hydrogens is 124 g/mol. The number of nitrogens with zero attached hydrogens (tertiary/aromatic N) is 1. The first kappa shape index (κ1) is 7.32. The van der Waals surface area contributed by atoms with Crippen molar-refractivity contribution in [2.24, 2.45) is 10.7 Å². The van der Waals surface area contributed by atoms with Crippen LogP contribution in [0, 0.1) is 0 Å². The van der Waals surface area contributed by atoms with E-state index in [1.807, 2.05) is 13.1 Å². The average molecular weight is 138 g/mol. The van der Waals surface area contributed by atoms with Crippen LogP contribution < -0.4 is 5.73 Å². The Kier molecular flexibility index (Phi) is 2.49. The molecule has 0 saturated carbocycles. The van der Waals surface area contributed by atoms with Gasteiger partial charge in [0.05, 0.1) is 5.70 Å². The maximum Gasteiger partial charge on any atom is 0.0586 e. The molecule has 0 aromatic heterocycles. The lowest BCUT2D eigenvalue weighted by Gasteiger charge is -2.12. The highest BCUT2D eigenvalue weighted by atomic mass is 14.8. The molecule has 0 amide bonds. The largest absolute Gasteiger partial charge is 0.401 e. The van der Waals surface area contributed by atoms with Crippen LogP contribution in [0.15, 0.2) is 16.4 Å². The van der Waals surface area contributed by atoms with E-state index in [0.717, 1.165) is 24.2 Å². The molecule has 0 heterocycles. The van der Waals surface area contributed by atoms with Crippen LogP contribution in [0.2, 0.25) is 0 Å². The highest BCUT2D eigenvalue weighted by Gasteiger charge is 2.07. The van der Waals surface area contributed by atoms with E-state index in [1.54, 1.807) is 0 Å². The second-order valence-electron chi connectivity index (χ2n) is 2.57. The predicted octanol–water partition coefficient (Wildman–Crippen LogP) is 1.82. The van der Waals surface area contributed by atoms with Gasteiger partial charge in [-0.05, 0) is 32.6 Å². The quantitative estimate of drug-likeness (QED) is 0.551. The molecule has 0 radical (unpaired) electrons. The lowest BCUT2D eigenvalue weighted by molar-refractivity contribution is 0.662. The van der Waals surface area contributed by atoms with E-state index < -0.39 is 0 Å². The first-order chi connectivity index (χ1) is 4.84. The fourth-order valence-corrected chi connectivity index (χ4v) is 1.22. The van der Waals surface area contributed by atoms with Gasteiger partial charge in [0.15, 0.2) is 0 Å². The standard InChI is InChI=1S/C8H14N2/c1-2-10-8-6-4-3-5-7(8)9/h2H,3-6,9H2,1H3. The molecule has 0 bridgehead atoms. The Hall–Kier alpha value is -0.790. The number of allylic oxidation sites excluding steroid dienone is 2. The van der Waals surface area contributed by atoms with Gasteiger partial charge in [-0.2, -0.15) is 0 Å². The topological polar surface area (TPSA) is 38.4 Å². The van der Waals surface area contributed by atoms with Crippen molar-refractivity contribution in [3.8, 4) is 0 Å². The molecule has 0 fully saturated rings. The van der Waals surface area contributed by atoms with Crippen molar-refractivity contribution in [3.05, 3.63) is 11.4 Å². The fraction of sp³-hybridized carbons (Fsp3) is 0.625. The molecule has 0 spiro atoms. The van der Waals surface area contributed by atoms with Crippen LogP contribution in [0.5, 0.6) is 0 Å². The average Bonchev–Trinajstić information content (AvgIpc) is 1.94. The van der Waals surface area contributed by atoms with Gasteiger partial charge in [0.2, 0.25) is 0 Å². The summed E-state index contributed by atoms with van der Waals surface area (Å²) in [5.74, 6) is 0. The van der Waals surface area contributed by atoms with Crippen LogP contribution in [0.1, 0.15) is 32.6 Å². The first-order valence-electron chi connectivity index (χ1n) is 3.80. The van der Waals surface area contributed by atoms with Gasteiger partial charge >= 0.3 is 0 Å². The van der Waals surface area contributed by atoms with Crippen molar-refractivity contribution in [2.75, 3.05) is 0 Å². The molecule has 10 heavy (non-hydrogen) atoms. The zero-order chi connectivity index (χ0) is 7.40. The first-order valence-corrected chi connectivity index (χ1v) is 3.80. The maximum atomic E-state index is 5.73. The van der Waals surface area contributed by atoms with Gasteiger partial charge in [-0.1, -0.05) is 0 Å². The molecule has 2 heteroatoms. The minimum atomic E-state index is 0.990. The van der Waals surface area contributed by atoms with E-state index in [2.05, 4.69) is 4.99 Å². The van der Waals surface area contributed by atoms with E-state index >= 15 is 0 Å². The van der Waals surface area contributed by atoms with Gasteiger partial charge in [0.1, 0.15) is 0 Å². The Balaban J connectivity index is 2.68. The third-order valence-electron chi connectivity index (χ3n) is 1.77. The molecule has 1 aliphatic rings. The van der Waals surface area contributed by atoms with E-state index in [1.165, 1.54) is 12.8 Å². The molecule has 56 valence electrons. The number of hydrogen-bond acceptors (Lipinski definition) is 2. The molecule has 0 aromatic carbocycles. The van der Waals surface area contributed by atoms with Crippen LogP contribution in [-0.2, 0) is 0 Å². The summed E-state index contributed by atoms with van der Waals surface area (Å²) in [6.07, 6.45) is 6.39. The van der Waals surface area contributed by atoms with Gasteiger partial charge in [0, 0.05) is 11.9 Å². The summed E-state index contributed by atoms with van der Waals surface area (Å²) in [6.45, 7) is 1.93. The van der Waals surface area contributed by atoms with E-state index in [0.29, 0.717) is 0 Å². The highest BCUT2D eigenvalue weighted by Crippen LogP contribution is 2.21.